The maximum atomic E-state index is 9.34. The molecular weight excluding hydrogens is 198 g/mol. The first kappa shape index (κ1) is 9.43. The molecule has 2 rings (SSSR count). The van der Waals surface area contributed by atoms with E-state index in [4.69, 9.17) is 4.42 Å². The third-order valence-corrected chi connectivity index (χ3v) is 3.16. The van der Waals surface area contributed by atoms with Gasteiger partial charge in [-0.2, -0.15) is 0 Å². The van der Waals surface area contributed by atoms with Crippen molar-refractivity contribution in [3.63, 3.8) is 0 Å². The number of nitrogens with zero attached hydrogens (tertiary/aromatic N) is 1. The number of hydrogen-bond donors (Lipinski definition) is 1. The van der Waals surface area contributed by atoms with E-state index in [-0.39, 0.29) is 0 Å². The normalized spacial score (nSPS) is 13.1. The Labute approximate surface area is 86.0 Å². The van der Waals surface area contributed by atoms with Crippen molar-refractivity contribution in [1.29, 1.82) is 0 Å². The number of aryl methyl sites for hydroxylation is 1. The standard InChI is InChI=1S/C10H11NO2S/c1-6-3-4-13-9(6)10-11-5-8(14-10)7(2)12/h3-5,7,12H,1-2H3. The maximum absolute atomic E-state index is 9.34. The molecule has 0 radical (unpaired) electrons. The van der Waals surface area contributed by atoms with Crippen LogP contribution < -0.4 is 0 Å². The lowest BCUT2D eigenvalue weighted by atomic mass is 10.3. The van der Waals surface area contributed by atoms with Crippen LogP contribution in [0.3, 0.4) is 0 Å². The van der Waals surface area contributed by atoms with Gasteiger partial charge in [0.05, 0.1) is 17.2 Å². The van der Waals surface area contributed by atoms with E-state index in [0.717, 1.165) is 21.2 Å². The molecule has 74 valence electrons. The van der Waals surface area contributed by atoms with E-state index in [9.17, 15) is 5.11 Å². The van der Waals surface area contributed by atoms with Gasteiger partial charge in [-0.05, 0) is 25.5 Å². The predicted octanol–water partition coefficient (Wildman–Crippen LogP) is 2.76. The molecule has 4 heteroatoms. The summed E-state index contributed by atoms with van der Waals surface area (Å²) < 4.78 is 5.31. The molecule has 0 aliphatic heterocycles. The molecule has 0 aliphatic carbocycles. The van der Waals surface area contributed by atoms with Crippen LogP contribution >= 0.6 is 11.3 Å². The molecule has 0 saturated carbocycles. The van der Waals surface area contributed by atoms with E-state index in [2.05, 4.69) is 4.98 Å². The predicted molar refractivity (Wildman–Crippen MR) is 55.2 cm³/mol. The average Bonchev–Trinajstić information content (AvgIpc) is 2.71. The molecule has 0 amide bonds. The number of aliphatic hydroxyl groups is 1. The molecule has 0 aromatic carbocycles. The largest absolute Gasteiger partial charge is 0.462 e. The number of rotatable bonds is 2. The lowest BCUT2D eigenvalue weighted by Crippen LogP contribution is -1.83. The van der Waals surface area contributed by atoms with Crippen molar-refractivity contribution in [3.8, 4) is 10.8 Å². The summed E-state index contributed by atoms with van der Waals surface area (Å²) in [6.45, 7) is 3.70. The molecule has 1 N–H and O–H groups in total. The van der Waals surface area contributed by atoms with Crippen LogP contribution in [0.25, 0.3) is 10.8 Å². The second-order valence-corrected chi connectivity index (χ2v) is 4.24. The Balaban J connectivity index is 2.39. The summed E-state index contributed by atoms with van der Waals surface area (Å²) in [7, 11) is 0. The monoisotopic (exact) mass is 209 g/mol. The molecular formula is C10H11NO2S. The highest BCUT2D eigenvalue weighted by molar-refractivity contribution is 7.15. The van der Waals surface area contributed by atoms with Crippen molar-refractivity contribution in [2.45, 2.75) is 20.0 Å². The second-order valence-electron chi connectivity index (χ2n) is 3.18. The lowest BCUT2D eigenvalue weighted by molar-refractivity contribution is 0.203. The van der Waals surface area contributed by atoms with Gasteiger partial charge in [0.1, 0.15) is 0 Å². The molecule has 1 unspecified atom stereocenters. The quantitative estimate of drug-likeness (QED) is 0.827. The van der Waals surface area contributed by atoms with Gasteiger partial charge in [-0.1, -0.05) is 0 Å². The van der Waals surface area contributed by atoms with Crippen LogP contribution in [-0.4, -0.2) is 10.1 Å². The summed E-state index contributed by atoms with van der Waals surface area (Å²) in [5, 5.41) is 10.2. The van der Waals surface area contributed by atoms with Gasteiger partial charge in [0.25, 0.3) is 0 Å². The van der Waals surface area contributed by atoms with E-state index in [1.54, 1.807) is 19.4 Å². The molecule has 0 aliphatic rings. The van der Waals surface area contributed by atoms with E-state index in [0.29, 0.717) is 0 Å². The zero-order chi connectivity index (χ0) is 10.1. The molecule has 2 heterocycles. The van der Waals surface area contributed by atoms with Crippen LogP contribution in [-0.2, 0) is 0 Å². The third-order valence-electron chi connectivity index (χ3n) is 1.99. The second kappa shape index (κ2) is 3.55. The molecule has 3 nitrogen and oxygen atoms in total. The fourth-order valence-corrected chi connectivity index (χ4v) is 2.08. The Hall–Kier alpha value is -1.13. The fraction of sp³-hybridized carbons (Fsp3) is 0.300. The van der Waals surface area contributed by atoms with Crippen molar-refractivity contribution in [1.82, 2.24) is 4.98 Å². The highest BCUT2D eigenvalue weighted by Gasteiger charge is 2.12. The SMILES string of the molecule is Cc1ccoc1-c1ncc(C(C)O)s1. The molecule has 1 atom stereocenters. The van der Waals surface area contributed by atoms with Crippen molar-refractivity contribution < 1.29 is 9.52 Å². The van der Waals surface area contributed by atoms with Crippen LogP contribution in [0, 0.1) is 6.92 Å². The van der Waals surface area contributed by atoms with Crippen LogP contribution in [0.2, 0.25) is 0 Å². The summed E-state index contributed by atoms with van der Waals surface area (Å²) in [5.41, 5.74) is 1.07. The van der Waals surface area contributed by atoms with Crippen LogP contribution in [0.4, 0.5) is 0 Å². The molecule has 0 saturated heterocycles. The first-order valence-electron chi connectivity index (χ1n) is 4.36. The smallest absolute Gasteiger partial charge is 0.165 e. The minimum atomic E-state index is -0.462. The van der Waals surface area contributed by atoms with Gasteiger partial charge in [0.15, 0.2) is 10.8 Å². The average molecular weight is 209 g/mol. The lowest BCUT2D eigenvalue weighted by Gasteiger charge is -1.95. The maximum Gasteiger partial charge on any atom is 0.165 e. The Morgan fingerprint density at radius 3 is 2.86 bits per heavy atom. The van der Waals surface area contributed by atoms with Crippen molar-refractivity contribution in [2.24, 2.45) is 0 Å². The highest BCUT2D eigenvalue weighted by Crippen LogP contribution is 2.30. The van der Waals surface area contributed by atoms with Crippen molar-refractivity contribution >= 4 is 11.3 Å². The van der Waals surface area contributed by atoms with Gasteiger partial charge in [-0.3, -0.25) is 0 Å². The van der Waals surface area contributed by atoms with Gasteiger partial charge in [0.2, 0.25) is 0 Å². The van der Waals surface area contributed by atoms with E-state index in [1.165, 1.54) is 11.3 Å². The molecule has 14 heavy (non-hydrogen) atoms. The van der Waals surface area contributed by atoms with E-state index >= 15 is 0 Å². The van der Waals surface area contributed by atoms with Gasteiger partial charge in [0, 0.05) is 6.20 Å². The molecule has 2 aromatic heterocycles. The van der Waals surface area contributed by atoms with Gasteiger partial charge in [-0.15, -0.1) is 11.3 Å². The van der Waals surface area contributed by atoms with Crippen LogP contribution in [0.1, 0.15) is 23.5 Å². The van der Waals surface area contributed by atoms with Gasteiger partial charge in [-0.25, -0.2) is 4.98 Å². The van der Waals surface area contributed by atoms with Crippen molar-refractivity contribution in [3.05, 3.63) is 29.0 Å². The summed E-state index contributed by atoms with van der Waals surface area (Å²) in [4.78, 5) is 5.06. The first-order valence-corrected chi connectivity index (χ1v) is 5.18. The van der Waals surface area contributed by atoms with Crippen molar-refractivity contribution in [2.75, 3.05) is 0 Å². The Bertz CT molecular complexity index is 431. The number of hydrogen-bond acceptors (Lipinski definition) is 4. The minimum Gasteiger partial charge on any atom is -0.462 e. The molecule has 0 spiro atoms. The first-order chi connectivity index (χ1) is 6.68. The van der Waals surface area contributed by atoms with Gasteiger partial charge < -0.3 is 9.52 Å². The topological polar surface area (TPSA) is 46.3 Å². The Morgan fingerprint density at radius 2 is 2.36 bits per heavy atom. The number of aromatic nitrogens is 1. The Morgan fingerprint density at radius 1 is 1.57 bits per heavy atom. The summed E-state index contributed by atoms with van der Waals surface area (Å²) in [5.74, 6) is 0.793. The van der Waals surface area contributed by atoms with E-state index < -0.39 is 6.10 Å². The Kier molecular flexibility index (Phi) is 2.39. The zero-order valence-corrected chi connectivity index (χ0v) is 8.84. The van der Waals surface area contributed by atoms with Crippen LogP contribution in [0.15, 0.2) is 22.9 Å². The van der Waals surface area contributed by atoms with Crippen LogP contribution in [0.5, 0.6) is 0 Å². The zero-order valence-electron chi connectivity index (χ0n) is 8.02. The van der Waals surface area contributed by atoms with Gasteiger partial charge >= 0.3 is 0 Å². The molecule has 0 bridgehead atoms. The number of aliphatic hydroxyl groups excluding tert-OH is 1. The number of furan rings is 1. The summed E-state index contributed by atoms with van der Waals surface area (Å²) >= 11 is 1.46. The van der Waals surface area contributed by atoms with E-state index in [1.807, 2.05) is 13.0 Å². The third kappa shape index (κ3) is 1.58. The minimum absolute atomic E-state index is 0.462. The molecule has 0 fully saturated rings. The summed E-state index contributed by atoms with van der Waals surface area (Å²) in [6, 6.07) is 1.90. The summed E-state index contributed by atoms with van der Waals surface area (Å²) in [6.07, 6.45) is 2.87. The highest BCUT2D eigenvalue weighted by atomic mass is 32.1. The molecule has 2 aromatic rings. The fourth-order valence-electron chi connectivity index (χ4n) is 1.18. The number of thiazole rings is 1.